The van der Waals surface area contributed by atoms with Crippen LogP contribution in [-0.2, 0) is 21.2 Å². The standard InChI is InChI=1S/C21H23BrN2O3S/c1-14-5-7-16(8-6-14)19-4-3-10-24(19)28(26,27)21-13-20-17(12-18(21)22)9-11-23(20)15(2)25/h5-8,12-13,19H,3-4,9-11H2,1-2H3/t19-/m1/s1. The molecule has 0 spiro atoms. The van der Waals surface area contributed by atoms with Crippen molar-refractivity contribution in [3.05, 3.63) is 57.6 Å². The molecule has 0 N–H and O–H groups in total. The Bertz CT molecular complexity index is 1030. The molecule has 0 bridgehead atoms. The predicted octanol–water partition coefficient (Wildman–Crippen LogP) is 4.19. The number of benzene rings is 2. The lowest BCUT2D eigenvalue weighted by atomic mass is 10.0. The van der Waals surface area contributed by atoms with Crippen LogP contribution in [-0.4, -0.2) is 31.7 Å². The molecule has 28 heavy (non-hydrogen) atoms. The highest BCUT2D eigenvalue weighted by Gasteiger charge is 2.38. The molecular weight excluding hydrogens is 440 g/mol. The average molecular weight is 463 g/mol. The van der Waals surface area contributed by atoms with Gasteiger partial charge in [-0.15, -0.1) is 0 Å². The Morgan fingerprint density at radius 2 is 1.86 bits per heavy atom. The van der Waals surface area contributed by atoms with E-state index in [0.29, 0.717) is 23.2 Å². The van der Waals surface area contributed by atoms with Gasteiger partial charge >= 0.3 is 0 Å². The third-order valence-electron chi connectivity index (χ3n) is 5.66. The molecule has 2 aromatic rings. The zero-order chi connectivity index (χ0) is 20.1. The number of amides is 1. The van der Waals surface area contributed by atoms with E-state index in [4.69, 9.17) is 0 Å². The van der Waals surface area contributed by atoms with Gasteiger partial charge in [0.1, 0.15) is 0 Å². The van der Waals surface area contributed by atoms with Gasteiger partial charge in [-0.1, -0.05) is 29.8 Å². The van der Waals surface area contributed by atoms with Gasteiger partial charge in [-0.05, 0) is 65.4 Å². The quantitative estimate of drug-likeness (QED) is 0.686. The molecule has 0 aliphatic carbocycles. The number of anilines is 1. The van der Waals surface area contributed by atoms with E-state index in [1.807, 2.05) is 37.3 Å². The van der Waals surface area contributed by atoms with Crippen molar-refractivity contribution in [3.63, 3.8) is 0 Å². The lowest BCUT2D eigenvalue weighted by molar-refractivity contribution is -0.116. The second-order valence-corrected chi connectivity index (χ2v) is 10.2. The van der Waals surface area contributed by atoms with E-state index in [1.165, 1.54) is 6.92 Å². The van der Waals surface area contributed by atoms with E-state index in [-0.39, 0.29) is 16.8 Å². The summed E-state index contributed by atoms with van der Waals surface area (Å²) < 4.78 is 29.3. The molecule has 2 aliphatic heterocycles. The van der Waals surface area contributed by atoms with Crippen LogP contribution >= 0.6 is 15.9 Å². The van der Waals surface area contributed by atoms with Gasteiger partial charge in [0.2, 0.25) is 15.9 Å². The summed E-state index contributed by atoms with van der Waals surface area (Å²) in [4.78, 5) is 13.8. The van der Waals surface area contributed by atoms with Crippen LogP contribution in [0.5, 0.6) is 0 Å². The summed E-state index contributed by atoms with van der Waals surface area (Å²) in [5, 5.41) is 0. The monoisotopic (exact) mass is 462 g/mol. The molecule has 0 aromatic heterocycles. The molecule has 1 atom stereocenters. The molecule has 2 heterocycles. The highest BCUT2D eigenvalue weighted by Crippen LogP contribution is 2.41. The number of halogens is 1. The first-order chi connectivity index (χ1) is 13.3. The minimum atomic E-state index is -3.70. The Kier molecular flexibility index (Phi) is 5.10. The number of aryl methyl sites for hydroxylation is 1. The molecular formula is C21H23BrN2O3S. The van der Waals surface area contributed by atoms with E-state index < -0.39 is 10.0 Å². The number of fused-ring (bicyclic) bond motifs is 1. The van der Waals surface area contributed by atoms with Crippen LogP contribution < -0.4 is 4.90 Å². The summed E-state index contributed by atoms with van der Waals surface area (Å²) in [6.45, 7) is 4.63. The van der Waals surface area contributed by atoms with Crippen LogP contribution in [0.25, 0.3) is 0 Å². The molecule has 4 rings (SSSR count). The molecule has 2 aliphatic rings. The molecule has 5 nitrogen and oxygen atoms in total. The lowest BCUT2D eigenvalue weighted by Crippen LogP contribution is -2.31. The Hall–Kier alpha value is -1.70. The molecule has 1 saturated heterocycles. The second-order valence-electron chi connectivity index (χ2n) is 7.52. The zero-order valence-electron chi connectivity index (χ0n) is 16.0. The summed E-state index contributed by atoms with van der Waals surface area (Å²) in [6.07, 6.45) is 2.38. The number of sulfonamides is 1. The largest absolute Gasteiger partial charge is 0.312 e. The van der Waals surface area contributed by atoms with Gasteiger partial charge < -0.3 is 4.90 Å². The number of carbonyl (C=O) groups excluding carboxylic acids is 1. The Morgan fingerprint density at radius 3 is 2.54 bits per heavy atom. The normalized spacial score (nSPS) is 19.8. The van der Waals surface area contributed by atoms with Crippen molar-refractivity contribution in [1.29, 1.82) is 0 Å². The number of rotatable bonds is 3. The van der Waals surface area contributed by atoms with E-state index in [2.05, 4.69) is 15.9 Å². The Labute approximate surface area is 174 Å². The molecule has 0 saturated carbocycles. The van der Waals surface area contributed by atoms with Gasteiger partial charge in [0.05, 0.1) is 10.9 Å². The Balaban J connectivity index is 1.75. The van der Waals surface area contributed by atoms with Crippen LogP contribution in [0.1, 0.15) is 42.5 Å². The minimum absolute atomic E-state index is 0.0666. The summed E-state index contributed by atoms with van der Waals surface area (Å²) >= 11 is 3.47. The van der Waals surface area contributed by atoms with Crippen LogP contribution in [0, 0.1) is 6.92 Å². The average Bonchev–Trinajstić information content (AvgIpc) is 3.28. The van der Waals surface area contributed by atoms with Crippen molar-refractivity contribution < 1.29 is 13.2 Å². The van der Waals surface area contributed by atoms with Crippen LogP contribution in [0.3, 0.4) is 0 Å². The fourth-order valence-electron chi connectivity index (χ4n) is 4.19. The van der Waals surface area contributed by atoms with Gasteiger partial charge in [-0.25, -0.2) is 8.42 Å². The SMILES string of the molecule is CC(=O)N1CCc2cc(Br)c(S(=O)(=O)N3CCC[C@@H]3c3ccc(C)cc3)cc21. The second kappa shape index (κ2) is 7.28. The van der Waals surface area contributed by atoms with Gasteiger partial charge in [-0.2, -0.15) is 4.31 Å². The maximum absolute atomic E-state index is 13.6. The van der Waals surface area contributed by atoms with E-state index >= 15 is 0 Å². The highest BCUT2D eigenvalue weighted by molar-refractivity contribution is 9.10. The van der Waals surface area contributed by atoms with E-state index in [9.17, 15) is 13.2 Å². The molecule has 0 radical (unpaired) electrons. The van der Waals surface area contributed by atoms with Crippen LogP contribution in [0.4, 0.5) is 5.69 Å². The summed E-state index contributed by atoms with van der Waals surface area (Å²) in [5.41, 5.74) is 3.88. The third-order valence-corrected chi connectivity index (χ3v) is 8.53. The van der Waals surface area contributed by atoms with Gasteiger partial charge in [-0.3, -0.25) is 4.79 Å². The van der Waals surface area contributed by atoms with Gasteiger partial charge in [0.25, 0.3) is 0 Å². The molecule has 1 fully saturated rings. The van der Waals surface area contributed by atoms with E-state index in [0.717, 1.165) is 36.0 Å². The first-order valence-corrected chi connectivity index (χ1v) is 11.7. The minimum Gasteiger partial charge on any atom is -0.312 e. The van der Waals surface area contributed by atoms with Crippen LogP contribution in [0.2, 0.25) is 0 Å². The maximum atomic E-state index is 13.6. The molecule has 2 aromatic carbocycles. The third kappa shape index (κ3) is 3.29. The number of hydrogen-bond acceptors (Lipinski definition) is 3. The molecule has 0 unspecified atom stereocenters. The lowest BCUT2D eigenvalue weighted by Gasteiger charge is -2.26. The van der Waals surface area contributed by atoms with Crippen molar-refractivity contribution >= 4 is 37.5 Å². The molecule has 1 amide bonds. The van der Waals surface area contributed by atoms with Crippen LogP contribution in [0.15, 0.2) is 45.8 Å². The number of carbonyl (C=O) groups is 1. The van der Waals surface area contributed by atoms with Crippen molar-refractivity contribution in [1.82, 2.24) is 4.31 Å². The first kappa shape index (κ1) is 19.6. The van der Waals surface area contributed by atoms with Crippen molar-refractivity contribution in [2.45, 2.75) is 44.0 Å². The fourth-order valence-corrected chi connectivity index (χ4v) is 6.94. The summed E-state index contributed by atoms with van der Waals surface area (Å²) in [5.74, 6) is -0.0666. The topological polar surface area (TPSA) is 57.7 Å². The van der Waals surface area contributed by atoms with Gasteiger partial charge in [0.15, 0.2) is 0 Å². The molecule has 148 valence electrons. The number of nitrogens with zero attached hydrogens (tertiary/aromatic N) is 2. The van der Waals surface area contributed by atoms with E-state index in [1.54, 1.807) is 15.3 Å². The highest BCUT2D eigenvalue weighted by atomic mass is 79.9. The predicted molar refractivity (Wildman–Crippen MR) is 113 cm³/mol. The summed E-state index contributed by atoms with van der Waals surface area (Å²) in [7, 11) is -3.70. The van der Waals surface area contributed by atoms with Crippen molar-refractivity contribution in [2.24, 2.45) is 0 Å². The molecule has 7 heteroatoms. The smallest absolute Gasteiger partial charge is 0.244 e. The van der Waals surface area contributed by atoms with Crippen molar-refractivity contribution in [2.75, 3.05) is 18.0 Å². The summed E-state index contributed by atoms with van der Waals surface area (Å²) in [6, 6.07) is 11.4. The van der Waals surface area contributed by atoms with Crippen molar-refractivity contribution in [3.8, 4) is 0 Å². The zero-order valence-corrected chi connectivity index (χ0v) is 18.4. The number of hydrogen-bond donors (Lipinski definition) is 0. The maximum Gasteiger partial charge on any atom is 0.244 e. The fraction of sp³-hybridized carbons (Fsp3) is 0.381. The first-order valence-electron chi connectivity index (χ1n) is 9.48. The van der Waals surface area contributed by atoms with Gasteiger partial charge in [0, 0.05) is 30.2 Å². The Morgan fingerprint density at radius 1 is 1.14 bits per heavy atom.